The summed E-state index contributed by atoms with van der Waals surface area (Å²) in [5, 5.41) is 13.4. The molecule has 0 saturated heterocycles. The zero-order valence-corrected chi connectivity index (χ0v) is 24.9. The lowest BCUT2D eigenvalue weighted by atomic mass is 10.1. The van der Waals surface area contributed by atoms with Crippen LogP contribution in [0.2, 0.25) is 0 Å². The second kappa shape index (κ2) is 13.4. The average molecular weight is 594 g/mol. The van der Waals surface area contributed by atoms with Gasteiger partial charge in [-0.25, -0.2) is 9.79 Å². The number of hydrogen-bond donors (Lipinski definition) is 1. The number of aryl methyl sites for hydroxylation is 1. The van der Waals surface area contributed by atoms with Crippen molar-refractivity contribution in [1.29, 1.82) is 0 Å². The summed E-state index contributed by atoms with van der Waals surface area (Å²) in [4.78, 5) is 30.4. The molecular weight excluding hydrogens is 562 g/mol. The van der Waals surface area contributed by atoms with Crippen molar-refractivity contribution >= 4 is 45.5 Å². The smallest absolute Gasteiger partial charge is 0.344 e. The minimum atomic E-state index is -0.751. The van der Waals surface area contributed by atoms with Crippen molar-refractivity contribution in [2.75, 3.05) is 13.2 Å². The summed E-state index contributed by atoms with van der Waals surface area (Å²) in [5.74, 6) is -0.442. The molecule has 43 heavy (non-hydrogen) atoms. The van der Waals surface area contributed by atoms with Crippen LogP contribution in [-0.2, 0) is 16.1 Å². The van der Waals surface area contributed by atoms with Crippen LogP contribution in [-0.4, -0.2) is 35.2 Å². The number of rotatable bonds is 9. The topological polar surface area (TPSA) is 94.4 Å². The Kier molecular flexibility index (Phi) is 9.27. The SMILES string of the molecule is CCOC(=O)C1=C(O)/C(=C/c2ccc(OCc3cccc4ccccc34)c(OCC)c2)SC1=NC(=O)c1ccccc1C. The molecule has 1 N–H and O–H groups in total. The van der Waals surface area contributed by atoms with E-state index in [9.17, 15) is 14.7 Å². The molecule has 4 aromatic rings. The van der Waals surface area contributed by atoms with Gasteiger partial charge < -0.3 is 19.3 Å². The zero-order chi connectivity index (χ0) is 30.3. The van der Waals surface area contributed by atoms with E-state index in [2.05, 4.69) is 23.2 Å². The van der Waals surface area contributed by atoms with Gasteiger partial charge in [0.05, 0.1) is 18.1 Å². The first-order chi connectivity index (χ1) is 20.9. The molecule has 218 valence electrons. The van der Waals surface area contributed by atoms with Gasteiger partial charge in [-0.1, -0.05) is 78.5 Å². The molecule has 0 unspecified atom stereocenters. The summed E-state index contributed by atoms with van der Waals surface area (Å²) in [6.07, 6.45) is 1.71. The van der Waals surface area contributed by atoms with E-state index in [1.54, 1.807) is 31.2 Å². The molecule has 0 radical (unpaired) electrons. The van der Waals surface area contributed by atoms with Crippen molar-refractivity contribution < 1.29 is 28.9 Å². The highest BCUT2D eigenvalue weighted by Gasteiger charge is 2.34. The molecule has 5 rings (SSSR count). The lowest BCUT2D eigenvalue weighted by molar-refractivity contribution is -0.138. The Labute approximate surface area is 254 Å². The van der Waals surface area contributed by atoms with E-state index in [1.165, 1.54) is 0 Å². The Hall–Kier alpha value is -4.82. The zero-order valence-electron chi connectivity index (χ0n) is 24.1. The van der Waals surface area contributed by atoms with Crippen molar-refractivity contribution in [3.05, 3.63) is 123 Å². The first-order valence-electron chi connectivity index (χ1n) is 13.9. The maximum atomic E-state index is 13.0. The summed E-state index contributed by atoms with van der Waals surface area (Å²) in [5.41, 5.74) is 2.79. The fourth-order valence-corrected chi connectivity index (χ4v) is 5.70. The predicted octanol–water partition coefficient (Wildman–Crippen LogP) is 7.83. The molecule has 7 nitrogen and oxygen atoms in total. The van der Waals surface area contributed by atoms with Gasteiger partial charge in [0.15, 0.2) is 11.5 Å². The number of carbonyl (C=O) groups is 2. The summed E-state index contributed by atoms with van der Waals surface area (Å²) in [6, 6.07) is 26.8. The molecule has 0 saturated carbocycles. The maximum Gasteiger partial charge on any atom is 0.344 e. The highest BCUT2D eigenvalue weighted by Crippen LogP contribution is 2.40. The number of benzene rings is 4. The van der Waals surface area contributed by atoms with Crippen molar-refractivity contribution in [3.63, 3.8) is 0 Å². The number of nitrogens with zero attached hydrogens (tertiary/aromatic N) is 1. The number of carbonyl (C=O) groups excluding carboxylic acids is 2. The number of aliphatic hydroxyl groups excluding tert-OH is 1. The van der Waals surface area contributed by atoms with Gasteiger partial charge in [-0.15, -0.1) is 0 Å². The van der Waals surface area contributed by atoms with Gasteiger partial charge in [0, 0.05) is 5.56 Å². The van der Waals surface area contributed by atoms with Crippen LogP contribution in [0.25, 0.3) is 16.8 Å². The molecule has 0 spiro atoms. The van der Waals surface area contributed by atoms with Crippen molar-refractivity contribution in [3.8, 4) is 11.5 Å². The van der Waals surface area contributed by atoms with E-state index in [0.29, 0.717) is 40.7 Å². The Morgan fingerprint density at radius 3 is 2.44 bits per heavy atom. The normalized spacial score (nSPS) is 14.9. The van der Waals surface area contributed by atoms with E-state index < -0.39 is 11.9 Å². The molecule has 1 aliphatic rings. The number of ether oxygens (including phenoxy) is 3. The first-order valence-corrected chi connectivity index (χ1v) is 14.8. The number of amides is 1. The van der Waals surface area contributed by atoms with Crippen LogP contribution >= 0.6 is 11.8 Å². The molecule has 1 aliphatic heterocycles. The maximum absolute atomic E-state index is 13.0. The van der Waals surface area contributed by atoms with Crippen LogP contribution < -0.4 is 9.47 Å². The Morgan fingerprint density at radius 1 is 0.884 bits per heavy atom. The fourth-order valence-electron chi connectivity index (χ4n) is 4.68. The lowest BCUT2D eigenvalue weighted by Crippen LogP contribution is -2.14. The number of aliphatic hydroxyl groups is 1. The van der Waals surface area contributed by atoms with Gasteiger partial charge in [-0.2, -0.15) is 0 Å². The Morgan fingerprint density at radius 2 is 1.65 bits per heavy atom. The monoisotopic (exact) mass is 593 g/mol. The van der Waals surface area contributed by atoms with E-state index in [-0.39, 0.29) is 23.0 Å². The summed E-state index contributed by atoms with van der Waals surface area (Å²) < 4.78 is 17.2. The third kappa shape index (κ3) is 6.65. The van der Waals surface area contributed by atoms with Gasteiger partial charge >= 0.3 is 5.97 Å². The minimum absolute atomic E-state index is 0.0792. The Bertz CT molecular complexity index is 1780. The fraction of sp³-hybridized carbons (Fsp3) is 0.171. The average Bonchev–Trinajstić information content (AvgIpc) is 3.30. The second-order valence-corrected chi connectivity index (χ2v) is 10.7. The van der Waals surface area contributed by atoms with Crippen LogP contribution in [0.15, 0.2) is 106 Å². The molecule has 0 atom stereocenters. The molecule has 0 bridgehead atoms. The molecule has 0 aromatic heterocycles. The summed E-state index contributed by atoms with van der Waals surface area (Å²) in [7, 11) is 0. The standard InChI is InChI=1S/C35H31NO6S/c1-4-40-29-19-23(17-18-28(29)42-21-25-14-10-13-24-12-7-9-16-27(24)25)20-30-32(37)31(35(39)41-5-2)34(43-30)36-33(38)26-15-8-6-11-22(26)3/h6-20,37H,4-5,21H2,1-3H3/b30-20-,36-34?. The van der Waals surface area contributed by atoms with E-state index in [4.69, 9.17) is 14.2 Å². The van der Waals surface area contributed by atoms with Gasteiger partial charge in [0.25, 0.3) is 5.91 Å². The van der Waals surface area contributed by atoms with Crippen LogP contribution in [0.3, 0.4) is 0 Å². The minimum Gasteiger partial charge on any atom is -0.506 e. The first kappa shape index (κ1) is 29.7. The van der Waals surface area contributed by atoms with Crippen LogP contribution in [0.5, 0.6) is 11.5 Å². The van der Waals surface area contributed by atoms with Crippen LogP contribution in [0.4, 0.5) is 0 Å². The third-order valence-corrected chi connectivity index (χ3v) is 7.80. The molecule has 8 heteroatoms. The van der Waals surface area contributed by atoms with Crippen molar-refractivity contribution in [2.45, 2.75) is 27.4 Å². The number of hydrogen-bond acceptors (Lipinski definition) is 7. The largest absolute Gasteiger partial charge is 0.506 e. The number of esters is 1. The molecular formula is C35H31NO6S. The van der Waals surface area contributed by atoms with Crippen LogP contribution in [0, 0.1) is 6.92 Å². The number of fused-ring (bicyclic) bond motifs is 1. The van der Waals surface area contributed by atoms with Crippen molar-refractivity contribution in [2.24, 2.45) is 4.99 Å². The number of aliphatic imine (C=N–C) groups is 1. The van der Waals surface area contributed by atoms with E-state index in [1.807, 2.05) is 62.4 Å². The Balaban J connectivity index is 1.44. The van der Waals surface area contributed by atoms with E-state index >= 15 is 0 Å². The van der Waals surface area contributed by atoms with Gasteiger partial charge in [-0.05, 0) is 72.5 Å². The highest BCUT2D eigenvalue weighted by atomic mass is 32.2. The van der Waals surface area contributed by atoms with Crippen LogP contribution in [0.1, 0.15) is 40.9 Å². The molecule has 1 heterocycles. The third-order valence-electron chi connectivity index (χ3n) is 6.78. The summed E-state index contributed by atoms with van der Waals surface area (Å²) in [6.45, 7) is 6.26. The highest BCUT2D eigenvalue weighted by molar-refractivity contribution is 8.18. The van der Waals surface area contributed by atoms with E-state index in [0.717, 1.165) is 33.7 Å². The molecule has 1 amide bonds. The second-order valence-electron chi connectivity index (χ2n) is 9.66. The van der Waals surface area contributed by atoms with Gasteiger partial charge in [-0.3, -0.25) is 4.79 Å². The van der Waals surface area contributed by atoms with Gasteiger partial charge in [0.1, 0.15) is 23.0 Å². The van der Waals surface area contributed by atoms with Gasteiger partial charge in [0.2, 0.25) is 0 Å². The number of thioether (sulfide) groups is 1. The van der Waals surface area contributed by atoms with Crippen molar-refractivity contribution in [1.82, 2.24) is 0 Å². The molecule has 0 fully saturated rings. The predicted molar refractivity (Wildman–Crippen MR) is 171 cm³/mol. The molecule has 0 aliphatic carbocycles. The lowest BCUT2D eigenvalue weighted by Gasteiger charge is -2.14. The molecule has 4 aromatic carbocycles. The quantitative estimate of drug-likeness (QED) is 0.198. The summed E-state index contributed by atoms with van der Waals surface area (Å²) >= 11 is 1.03.